The largest absolute Gasteiger partial charge is 0.378 e. The normalized spacial score (nSPS) is 21.9. The first-order valence-corrected chi connectivity index (χ1v) is 7.62. The zero-order valence-electron chi connectivity index (χ0n) is 12.1. The molecule has 4 heteroatoms. The second-order valence-corrected chi connectivity index (χ2v) is 6.14. The average molecular weight is 287 g/mol. The van der Waals surface area contributed by atoms with Crippen molar-refractivity contribution in [1.82, 2.24) is 10.6 Å². The van der Waals surface area contributed by atoms with E-state index in [4.69, 9.17) is 12.2 Å². The minimum Gasteiger partial charge on any atom is -0.378 e. The van der Waals surface area contributed by atoms with E-state index < -0.39 is 0 Å². The summed E-state index contributed by atoms with van der Waals surface area (Å²) in [5.41, 5.74) is 5.36. The van der Waals surface area contributed by atoms with Gasteiger partial charge in [-0.3, -0.25) is 0 Å². The zero-order valence-corrected chi connectivity index (χ0v) is 12.9. The van der Waals surface area contributed by atoms with Crippen LogP contribution in [0.15, 0.2) is 35.5 Å². The molecule has 0 aromatic heterocycles. The quantitative estimate of drug-likeness (QED) is 0.817. The topological polar surface area (TPSA) is 27.3 Å². The second kappa shape index (κ2) is 5.44. The molecule has 106 valence electrons. The molecule has 1 aromatic rings. The molecule has 0 saturated carbocycles. The zero-order chi connectivity index (χ0) is 14.1. The molecule has 1 aliphatic heterocycles. The number of thiocarbonyl (C=S) groups is 1. The molecular weight excluding hydrogens is 266 g/mol. The van der Waals surface area contributed by atoms with Gasteiger partial charge in [-0.05, 0) is 61.2 Å². The van der Waals surface area contributed by atoms with Crippen molar-refractivity contribution in [2.45, 2.75) is 31.7 Å². The van der Waals surface area contributed by atoms with Crippen LogP contribution in [0.25, 0.3) is 0 Å². The Kier molecular flexibility index (Phi) is 3.66. The van der Waals surface area contributed by atoms with Crippen LogP contribution in [0.1, 0.15) is 37.3 Å². The fourth-order valence-electron chi connectivity index (χ4n) is 3.03. The Hall–Kier alpha value is -1.55. The van der Waals surface area contributed by atoms with Crippen LogP contribution >= 0.6 is 12.2 Å². The van der Waals surface area contributed by atoms with Crippen molar-refractivity contribution in [1.29, 1.82) is 0 Å². The fourth-order valence-corrected chi connectivity index (χ4v) is 3.27. The number of allylic oxidation sites excluding steroid dienone is 1. The monoisotopic (exact) mass is 287 g/mol. The van der Waals surface area contributed by atoms with Crippen LogP contribution in [-0.2, 0) is 0 Å². The first-order valence-electron chi connectivity index (χ1n) is 7.22. The third-order valence-electron chi connectivity index (χ3n) is 4.14. The SMILES string of the molecule is CN(C)c1ccc([C@H]2NC(=S)NC3=C2CCCC3)cc1. The van der Waals surface area contributed by atoms with Crippen LogP contribution in [0.2, 0.25) is 0 Å². The Morgan fingerprint density at radius 3 is 2.50 bits per heavy atom. The number of hydrogen-bond donors (Lipinski definition) is 2. The molecule has 0 saturated heterocycles. The van der Waals surface area contributed by atoms with Gasteiger partial charge in [0.25, 0.3) is 0 Å². The van der Waals surface area contributed by atoms with Gasteiger partial charge < -0.3 is 15.5 Å². The molecule has 3 nitrogen and oxygen atoms in total. The Morgan fingerprint density at radius 1 is 1.10 bits per heavy atom. The molecule has 2 aliphatic rings. The van der Waals surface area contributed by atoms with Crippen molar-refractivity contribution >= 4 is 23.0 Å². The van der Waals surface area contributed by atoms with Crippen LogP contribution in [0.5, 0.6) is 0 Å². The van der Waals surface area contributed by atoms with E-state index in [9.17, 15) is 0 Å². The van der Waals surface area contributed by atoms with Gasteiger partial charge in [0, 0.05) is 25.5 Å². The van der Waals surface area contributed by atoms with Crippen molar-refractivity contribution in [3.05, 3.63) is 41.1 Å². The van der Waals surface area contributed by atoms with Crippen LogP contribution < -0.4 is 15.5 Å². The van der Waals surface area contributed by atoms with E-state index in [1.54, 1.807) is 0 Å². The van der Waals surface area contributed by atoms with Crippen molar-refractivity contribution < 1.29 is 0 Å². The van der Waals surface area contributed by atoms with Crippen molar-refractivity contribution in [2.75, 3.05) is 19.0 Å². The number of rotatable bonds is 2. The minimum atomic E-state index is 0.246. The molecule has 3 rings (SSSR count). The second-order valence-electron chi connectivity index (χ2n) is 5.73. The number of anilines is 1. The van der Waals surface area contributed by atoms with Crippen LogP contribution in [-0.4, -0.2) is 19.2 Å². The van der Waals surface area contributed by atoms with E-state index in [1.165, 1.54) is 35.4 Å². The van der Waals surface area contributed by atoms with Gasteiger partial charge in [-0.2, -0.15) is 0 Å². The molecule has 0 radical (unpaired) electrons. The van der Waals surface area contributed by atoms with Gasteiger partial charge in [-0.25, -0.2) is 0 Å². The first kappa shape index (κ1) is 13.4. The van der Waals surface area contributed by atoms with E-state index in [0.717, 1.165) is 18.0 Å². The highest BCUT2D eigenvalue weighted by molar-refractivity contribution is 7.80. The summed E-state index contributed by atoms with van der Waals surface area (Å²) < 4.78 is 0. The first-order chi connectivity index (χ1) is 9.65. The van der Waals surface area contributed by atoms with E-state index in [1.807, 2.05) is 0 Å². The third-order valence-corrected chi connectivity index (χ3v) is 4.36. The Morgan fingerprint density at radius 2 is 1.80 bits per heavy atom. The van der Waals surface area contributed by atoms with Crippen molar-refractivity contribution in [2.24, 2.45) is 0 Å². The van der Waals surface area contributed by atoms with E-state index in [2.05, 4.69) is 53.9 Å². The molecule has 2 N–H and O–H groups in total. The van der Waals surface area contributed by atoms with Gasteiger partial charge in [0.1, 0.15) is 0 Å². The standard InChI is InChI=1S/C16H21N3S/c1-19(2)12-9-7-11(8-10-12)15-13-5-3-4-6-14(13)17-16(20)18-15/h7-10,15H,3-6H2,1-2H3,(H2,17,18,20)/t15-/m1/s1. The van der Waals surface area contributed by atoms with E-state index in [0.29, 0.717) is 0 Å². The predicted octanol–water partition coefficient (Wildman–Crippen LogP) is 3.10. The van der Waals surface area contributed by atoms with Gasteiger partial charge in [0.15, 0.2) is 5.11 Å². The van der Waals surface area contributed by atoms with Gasteiger partial charge in [-0.1, -0.05) is 12.1 Å². The highest BCUT2D eigenvalue weighted by Gasteiger charge is 2.27. The highest BCUT2D eigenvalue weighted by atomic mass is 32.1. The van der Waals surface area contributed by atoms with E-state index >= 15 is 0 Å². The summed E-state index contributed by atoms with van der Waals surface area (Å²) in [7, 11) is 4.13. The summed E-state index contributed by atoms with van der Waals surface area (Å²) in [6.07, 6.45) is 4.84. The molecule has 1 aliphatic carbocycles. The molecular formula is C16H21N3S. The summed E-state index contributed by atoms with van der Waals surface area (Å²) in [5.74, 6) is 0. The molecule has 20 heavy (non-hydrogen) atoms. The summed E-state index contributed by atoms with van der Waals surface area (Å²) in [4.78, 5) is 2.12. The Balaban J connectivity index is 1.93. The smallest absolute Gasteiger partial charge is 0.171 e. The van der Waals surface area contributed by atoms with Gasteiger partial charge in [0.2, 0.25) is 0 Å². The predicted molar refractivity (Wildman–Crippen MR) is 87.9 cm³/mol. The molecule has 0 spiro atoms. The maximum Gasteiger partial charge on any atom is 0.171 e. The lowest BCUT2D eigenvalue weighted by molar-refractivity contribution is 0.561. The van der Waals surface area contributed by atoms with Crippen LogP contribution in [0.4, 0.5) is 5.69 Å². The Bertz CT molecular complexity index is 545. The molecule has 0 fully saturated rings. The van der Waals surface area contributed by atoms with Crippen LogP contribution in [0, 0.1) is 0 Å². The number of nitrogens with one attached hydrogen (secondary N) is 2. The molecule has 1 atom stereocenters. The molecule has 0 amide bonds. The van der Waals surface area contributed by atoms with Gasteiger partial charge >= 0.3 is 0 Å². The third kappa shape index (κ3) is 2.52. The van der Waals surface area contributed by atoms with Gasteiger partial charge in [0.05, 0.1) is 6.04 Å². The number of benzene rings is 1. The maximum absolute atomic E-state index is 5.35. The highest BCUT2D eigenvalue weighted by Crippen LogP contribution is 2.35. The Labute approximate surface area is 126 Å². The summed E-state index contributed by atoms with van der Waals surface area (Å²) in [5, 5.41) is 7.53. The van der Waals surface area contributed by atoms with E-state index in [-0.39, 0.29) is 6.04 Å². The van der Waals surface area contributed by atoms with Gasteiger partial charge in [-0.15, -0.1) is 0 Å². The van der Waals surface area contributed by atoms with Crippen molar-refractivity contribution in [3.63, 3.8) is 0 Å². The number of nitrogens with zero attached hydrogens (tertiary/aromatic N) is 1. The minimum absolute atomic E-state index is 0.246. The summed E-state index contributed by atoms with van der Waals surface area (Å²) in [6.45, 7) is 0. The number of hydrogen-bond acceptors (Lipinski definition) is 2. The lowest BCUT2D eigenvalue weighted by Crippen LogP contribution is -2.44. The lowest BCUT2D eigenvalue weighted by atomic mass is 9.86. The lowest BCUT2D eigenvalue weighted by Gasteiger charge is -2.35. The molecule has 1 heterocycles. The van der Waals surface area contributed by atoms with Crippen molar-refractivity contribution in [3.8, 4) is 0 Å². The summed E-state index contributed by atoms with van der Waals surface area (Å²) in [6, 6.07) is 9.01. The maximum atomic E-state index is 5.35. The fraction of sp³-hybridized carbons (Fsp3) is 0.438. The van der Waals surface area contributed by atoms with Crippen LogP contribution in [0.3, 0.4) is 0 Å². The molecule has 0 bridgehead atoms. The molecule has 0 unspecified atom stereocenters. The average Bonchev–Trinajstić information content (AvgIpc) is 2.46. The molecule has 1 aromatic carbocycles. The summed E-state index contributed by atoms with van der Waals surface area (Å²) >= 11 is 5.35.